The zero-order chi connectivity index (χ0) is 21.5. The second-order valence-electron chi connectivity index (χ2n) is 7.30. The predicted octanol–water partition coefficient (Wildman–Crippen LogP) is -0.405. The molecular weight excluding hydrogens is 414 g/mol. The van der Waals surface area contributed by atoms with Crippen LogP contribution >= 0.6 is 11.6 Å². The fraction of sp³-hybridized carbons (Fsp3) is 0.368. The van der Waals surface area contributed by atoms with Gasteiger partial charge in [-0.15, -0.1) is 5.10 Å². The third-order valence-electron chi connectivity index (χ3n) is 5.20. The molecule has 4 rings (SSSR count). The molecule has 1 aliphatic rings. The molecule has 2 aromatic heterocycles. The minimum atomic E-state index is -2.91. The van der Waals surface area contributed by atoms with Crippen LogP contribution in [0.2, 0.25) is 5.02 Å². The average molecular weight is 436 g/mol. The standard InChI is InChI=1S/C19H22ClN5O5/c20-14-4-3-5-15(12-14)22-8-10-23(11-9-22)18(27,28)13-19(29,30)25-17(26)24-7-2-1-6-16(24)21-25/h1-7,12,27-30H,8-11,13H2. The van der Waals surface area contributed by atoms with Crippen molar-refractivity contribution < 1.29 is 20.4 Å². The number of aliphatic hydroxyl groups is 4. The van der Waals surface area contributed by atoms with E-state index in [0.717, 1.165) is 10.1 Å². The van der Waals surface area contributed by atoms with Crippen LogP contribution in [0.25, 0.3) is 5.65 Å². The smallest absolute Gasteiger partial charge is 0.355 e. The van der Waals surface area contributed by atoms with E-state index in [1.54, 1.807) is 18.2 Å². The van der Waals surface area contributed by atoms with Crippen molar-refractivity contribution in [2.75, 3.05) is 31.1 Å². The van der Waals surface area contributed by atoms with Gasteiger partial charge < -0.3 is 25.3 Å². The minimum absolute atomic E-state index is 0.201. The first kappa shape index (κ1) is 20.8. The van der Waals surface area contributed by atoms with E-state index in [-0.39, 0.29) is 18.7 Å². The van der Waals surface area contributed by atoms with E-state index >= 15 is 0 Å². The van der Waals surface area contributed by atoms with Crippen molar-refractivity contribution in [1.82, 2.24) is 19.1 Å². The molecule has 1 saturated heterocycles. The lowest BCUT2D eigenvalue weighted by Gasteiger charge is -2.43. The molecule has 0 saturated carbocycles. The highest BCUT2D eigenvalue weighted by molar-refractivity contribution is 6.30. The summed E-state index contributed by atoms with van der Waals surface area (Å²) in [4.78, 5) is 15.8. The summed E-state index contributed by atoms with van der Waals surface area (Å²) in [7, 11) is 0. The molecular formula is C19H22ClN5O5. The highest BCUT2D eigenvalue weighted by atomic mass is 35.5. The number of fused-ring (bicyclic) bond motifs is 1. The molecule has 0 atom stereocenters. The third-order valence-corrected chi connectivity index (χ3v) is 5.44. The molecule has 1 fully saturated rings. The fourth-order valence-corrected chi connectivity index (χ4v) is 3.84. The number of rotatable bonds is 5. The molecule has 1 aromatic carbocycles. The van der Waals surface area contributed by atoms with E-state index in [9.17, 15) is 25.2 Å². The minimum Gasteiger partial charge on any atom is -0.369 e. The first-order valence-corrected chi connectivity index (χ1v) is 9.77. The Morgan fingerprint density at radius 2 is 1.70 bits per heavy atom. The topological polar surface area (TPSA) is 127 Å². The summed E-state index contributed by atoms with van der Waals surface area (Å²) < 4.78 is 1.56. The Balaban J connectivity index is 1.48. The average Bonchev–Trinajstić information content (AvgIpc) is 3.05. The van der Waals surface area contributed by atoms with E-state index in [2.05, 4.69) is 5.10 Å². The van der Waals surface area contributed by atoms with Gasteiger partial charge in [-0.2, -0.15) is 4.68 Å². The van der Waals surface area contributed by atoms with Crippen LogP contribution in [0.4, 0.5) is 5.69 Å². The van der Waals surface area contributed by atoms with Crippen molar-refractivity contribution in [2.45, 2.75) is 18.2 Å². The SMILES string of the molecule is O=c1n(C(O)(O)CC(O)(O)N2CCN(c3cccc(Cl)c3)CC2)nc2ccccn12. The second kappa shape index (κ2) is 7.65. The van der Waals surface area contributed by atoms with Gasteiger partial charge in [0.05, 0.1) is 6.42 Å². The Labute approximate surface area is 176 Å². The summed E-state index contributed by atoms with van der Waals surface area (Å²) in [6, 6.07) is 12.1. The Hall–Kier alpha value is -2.47. The van der Waals surface area contributed by atoms with Crippen molar-refractivity contribution in [3.8, 4) is 0 Å². The van der Waals surface area contributed by atoms with Crippen molar-refractivity contribution in [3.05, 3.63) is 64.2 Å². The number of hydrogen-bond acceptors (Lipinski definition) is 8. The number of piperazine rings is 1. The number of pyridine rings is 1. The number of anilines is 1. The lowest BCUT2D eigenvalue weighted by Crippen LogP contribution is -2.60. The maximum atomic E-state index is 12.4. The highest BCUT2D eigenvalue weighted by Gasteiger charge is 2.44. The first-order valence-electron chi connectivity index (χ1n) is 9.39. The lowest BCUT2D eigenvalue weighted by molar-refractivity contribution is -0.345. The lowest BCUT2D eigenvalue weighted by atomic mass is 10.1. The van der Waals surface area contributed by atoms with Crippen molar-refractivity contribution in [2.24, 2.45) is 0 Å². The maximum Gasteiger partial charge on any atom is 0.355 e. The Bertz CT molecular complexity index is 1100. The highest BCUT2D eigenvalue weighted by Crippen LogP contribution is 2.26. The van der Waals surface area contributed by atoms with Crippen LogP contribution in [0.15, 0.2) is 53.5 Å². The van der Waals surface area contributed by atoms with Gasteiger partial charge in [0.15, 0.2) is 5.65 Å². The third kappa shape index (κ3) is 3.93. The van der Waals surface area contributed by atoms with Gasteiger partial charge in [0.25, 0.3) is 5.91 Å². The molecule has 0 aliphatic carbocycles. The Morgan fingerprint density at radius 3 is 2.37 bits per heavy atom. The van der Waals surface area contributed by atoms with Gasteiger partial charge in [-0.05, 0) is 30.3 Å². The van der Waals surface area contributed by atoms with Crippen molar-refractivity contribution >= 4 is 22.9 Å². The summed E-state index contributed by atoms with van der Waals surface area (Å²) in [5, 5.41) is 46.6. The zero-order valence-corrected chi connectivity index (χ0v) is 16.7. The summed E-state index contributed by atoms with van der Waals surface area (Å²) in [6.45, 7) is 1.44. The van der Waals surface area contributed by atoms with E-state index in [1.165, 1.54) is 17.2 Å². The molecule has 0 amide bonds. The molecule has 160 valence electrons. The summed E-state index contributed by atoms with van der Waals surface area (Å²) in [5.41, 5.74) is 0.308. The summed E-state index contributed by atoms with van der Waals surface area (Å²) >= 11 is 6.03. The molecule has 1 aliphatic heterocycles. The maximum absolute atomic E-state index is 12.4. The molecule has 3 heterocycles. The fourth-order valence-electron chi connectivity index (χ4n) is 3.66. The summed E-state index contributed by atoms with van der Waals surface area (Å²) in [5.74, 6) is -5.48. The second-order valence-corrected chi connectivity index (χ2v) is 7.74. The van der Waals surface area contributed by atoms with Gasteiger partial charge in [0.1, 0.15) is 0 Å². The largest absolute Gasteiger partial charge is 0.369 e. The van der Waals surface area contributed by atoms with E-state index in [0.29, 0.717) is 22.8 Å². The van der Waals surface area contributed by atoms with Gasteiger partial charge in [-0.25, -0.2) is 9.69 Å². The molecule has 10 nitrogen and oxygen atoms in total. The molecule has 0 unspecified atom stereocenters. The number of hydrogen-bond donors (Lipinski definition) is 4. The predicted molar refractivity (Wildman–Crippen MR) is 109 cm³/mol. The molecule has 4 N–H and O–H groups in total. The Kier molecular flexibility index (Phi) is 5.30. The van der Waals surface area contributed by atoms with Crippen molar-refractivity contribution in [3.63, 3.8) is 0 Å². The number of aromatic nitrogens is 3. The van der Waals surface area contributed by atoms with Gasteiger partial charge in [0, 0.05) is 43.1 Å². The number of halogens is 1. The molecule has 30 heavy (non-hydrogen) atoms. The van der Waals surface area contributed by atoms with Crippen LogP contribution in [-0.4, -0.2) is 71.6 Å². The molecule has 0 spiro atoms. The van der Waals surface area contributed by atoms with Crippen molar-refractivity contribution in [1.29, 1.82) is 0 Å². The van der Waals surface area contributed by atoms with Gasteiger partial charge in [-0.1, -0.05) is 23.7 Å². The van der Waals surface area contributed by atoms with Crippen LogP contribution < -0.4 is 10.6 Å². The van der Waals surface area contributed by atoms with E-state index in [1.807, 2.05) is 23.1 Å². The van der Waals surface area contributed by atoms with E-state index in [4.69, 9.17) is 11.6 Å². The molecule has 3 aromatic rings. The number of benzene rings is 1. The van der Waals surface area contributed by atoms with Crippen LogP contribution in [0.5, 0.6) is 0 Å². The van der Waals surface area contributed by atoms with Crippen LogP contribution in [0, 0.1) is 0 Å². The quantitative estimate of drug-likeness (QED) is 0.399. The van der Waals surface area contributed by atoms with Gasteiger partial charge in [0.2, 0.25) is 5.91 Å². The normalized spacial score (nSPS) is 16.4. The van der Waals surface area contributed by atoms with Crippen LogP contribution in [0.1, 0.15) is 6.42 Å². The Morgan fingerprint density at radius 1 is 0.967 bits per heavy atom. The molecule has 0 bridgehead atoms. The molecule has 0 radical (unpaired) electrons. The zero-order valence-electron chi connectivity index (χ0n) is 16.0. The number of nitrogens with zero attached hydrogens (tertiary/aromatic N) is 5. The first-order chi connectivity index (χ1) is 14.2. The van der Waals surface area contributed by atoms with E-state index < -0.39 is 23.9 Å². The van der Waals surface area contributed by atoms with Gasteiger partial charge in [-0.3, -0.25) is 4.40 Å². The van der Waals surface area contributed by atoms with Gasteiger partial charge >= 0.3 is 5.69 Å². The summed E-state index contributed by atoms with van der Waals surface area (Å²) in [6.07, 6.45) is 0.471. The van der Waals surface area contributed by atoms with Crippen LogP contribution in [0.3, 0.4) is 0 Å². The monoisotopic (exact) mass is 435 g/mol. The molecule has 11 heteroatoms. The van der Waals surface area contributed by atoms with Crippen LogP contribution in [-0.2, 0) is 5.91 Å².